The first kappa shape index (κ1) is 20.4. The van der Waals surface area contributed by atoms with Gasteiger partial charge in [0.15, 0.2) is 0 Å². The fraction of sp³-hybridized carbons (Fsp3) is 0.538. The average Bonchev–Trinajstić information content (AvgIpc) is 3.60. The molecular formula is C26H32O3S. The summed E-state index contributed by atoms with van der Waals surface area (Å²) in [7, 11) is 0. The van der Waals surface area contributed by atoms with E-state index in [0.717, 1.165) is 44.0 Å². The van der Waals surface area contributed by atoms with Gasteiger partial charge in [0.1, 0.15) is 11.2 Å². The van der Waals surface area contributed by atoms with Gasteiger partial charge in [-0.3, -0.25) is 0 Å². The van der Waals surface area contributed by atoms with Gasteiger partial charge < -0.3 is 14.6 Å². The fourth-order valence-corrected chi connectivity index (χ4v) is 5.56. The van der Waals surface area contributed by atoms with Crippen LogP contribution >= 0.6 is 11.8 Å². The number of aliphatic hydroxyl groups excluding tert-OH is 1. The van der Waals surface area contributed by atoms with Crippen LogP contribution in [0.3, 0.4) is 0 Å². The molecule has 0 aromatic heterocycles. The minimum absolute atomic E-state index is 0.0151. The molecule has 0 amide bonds. The smallest absolute Gasteiger partial charge is 0.122 e. The van der Waals surface area contributed by atoms with Crippen LogP contribution < -0.4 is 4.74 Å². The lowest BCUT2D eigenvalue weighted by molar-refractivity contribution is -0.0605. The van der Waals surface area contributed by atoms with E-state index < -0.39 is 0 Å². The number of aryl methyl sites for hydroxylation is 1. The summed E-state index contributed by atoms with van der Waals surface area (Å²) in [4.78, 5) is 0. The zero-order valence-corrected chi connectivity index (χ0v) is 18.6. The van der Waals surface area contributed by atoms with Crippen molar-refractivity contribution in [1.29, 1.82) is 0 Å². The van der Waals surface area contributed by atoms with Crippen molar-refractivity contribution in [2.45, 2.75) is 74.9 Å². The molecule has 3 atom stereocenters. The number of rotatable bonds is 5. The highest BCUT2D eigenvalue weighted by atomic mass is 32.2. The van der Waals surface area contributed by atoms with Crippen molar-refractivity contribution < 1.29 is 14.6 Å². The Morgan fingerprint density at radius 1 is 1.07 bits per heavy atom. The lowest BCUT2D eigenvalue weighted by Crippen LogP contribution is -2.29. The van der Waals surface area contributed by atoms with E-state index in [0.29, 0.717) is 6.42 Å². The van der Waals surface area contributed by atoms with Gasteiger partial charge in [0.2, 0.25) is 0 Å². The first-order valence-corrected chi connectivity index (χ1v) is 12.7. The predicted octanol–water partition coefficient (Wildman–Crippen LogP) is 5.77. The molecule has 0 bridgehead atoms. The van der Waals surface area contributed by atoms with Crippen LogP contribution in [0.4, 0.5) is 0 Å². The lowest BCUT2D eigenvalue weighted by atomic mass is 9.91. The Hall–Kier alpha value is -1.49. The molecule has 1 aliphatic carbocycles. The van der Waals surface area contributed by atoms with Gasteiger partial charge in [0.25, 0.3) is 0 Å². The summed E-state index contributed by atoms with van der Waals surface area (Å²) in [6.45, 7) is 0.838. The predicted molar refractivity (Wildman–Crippen MR) is 122 cm³/mol. The second-order valence-electron chi connectivity index (χ2n) is 9.07. The average molecular weight is 425 g/mol. The van der Waals surface area contributed by atoms with Crippen LogP contribution in [0.25, 0.3) is 0 Å². The zero-order valence-electron chi connectivity index (χ0n) is 17.8. The van der Waals surface area contributed by atoms with Crippen LogP contribution in [0.15, 0.2) is 36.4 Å². The normalized spacial score (nSPS) is 26.5. The number of ether oxygens (including phenoxy) is 2. The molecule has 2 aliphatic heterocycles. The summed E-state index contributed by atoms with van der Waals surface area (Å²) in [5.41, 5.74) is 6.94. The Labute approximate surface area is 184 Å². The quantitative estimate of drug-likeness (QED) is 0.661. The molecule has 3 nitrogen and oxygen atoms in total. The Morgan fingerprint density at radius 3 is 2.80 bits per heavy atom. The maximum absolute atomic E-state index is 10.3. The van der Waals surface area contributed by atoms with Gasteiger partial charge in [-0.15, -0.1) is 11.8 Å². The third-order valence-electron chi connectivity index (χ3n) is 6.70. The van der Waals surface area contributed by atoms with Gasteiger partial charge in [0, 0.05) is 12.8 Å². The van der Waals surface area contributed by atoms with Gasteiger partial charge in [-0.1, -0.05) is 30.3 Å². The molecule has 0 unspecified atom stereocenters. The van der Waals surface area contributed by atoms with Crippen LogP contribution in [0.1, 0.15) is 78.4 Å². The van der Waals surface area contributed by atoms with Crippen LogP contribution in [0.5, 0.6) is 5.75 Å². The van der Waals surface area contributed by atoms with Gasteiger partial charge in [-0.05, 0) is 84.6 Å². The molecular weight excluding hydrogens is 392 g/mol. The number of hydrogen-bond donors (Lipinski definition) is 1. The van der Waals surface area contributed by atoms with E-state index >= 15 is 0 Å². The van der Waals surface area contributed by atoms with Crippen molar-refractivity contribution in [2.24, 2.45) is 0 Å². The van der Waals surface area contributed by atoms with Crippen molar-refractivity contribution >= 4 is 11.8 Å². The summed E-state index contributed by atoms with van der Waals surface area (Å²) >= 11 is 1.69. The second kappa shape index (κ2) is 8.94. The van der Waals surface area contributed by atoms with Gasteiger partial charge >= 0.3 is 0 Å². The first-order valence-electron chi connectivity index (χ1n) is 11.4. The minimum Gasteiger partial charge on any atom is -0.493 e. The molecule has 5 rings (SSSR count). The highest BCUT2D eigenvalue weighted by Crippen LogP contribution is 2.44. The van der Waals surface area contributed by atoms with Crippen LogP contribution in [-0.2, 0) is 17.6 Å². The molecule has 2 heterocycles. The SMILES string of the molecule is CS[C@@H]1C[C@H](O)C[C@H](c2ccc(C3CC3)c(Cc3ccc4c(c3)CCCCO4)c2)O1. The van der Waals surface area contributed by atoms with E-state index in [1.165, 1.54) is 47.1 Å². The monoisotopic (exact) mass is 424 g/mol. The summed E-state index contributed by atoms with van der Waals surface area (Å²) < 4.78 is 12.2. The van der Waals surface area contributed by atoms with Gasteiger partial charge in [0.05, 0.1) is 18.8 Å². The Morgan fingerprint density at radius 2 is 1.97 bits per heavy atom. The summed E-state index contributed by atoms with van der Waals surface area (Å²) in [6, 6.07) is 13.7. The number of aliphatic hydroxyl groups is 1. The molecule has 0 radical (unpaired) electrons. The van der Waals surface area contributed by atoms with Gasteiger partial charge in [-0.2, -0.15) is 0 Å². The van der Waals surface area contributed by atoms with Crippen molar-refractivity contribution in [3.63, 3.8) is 0 Å². The topological polar surface area (TPSA) is 38.7 Å². The third-order valence-corrected chi connectivity index (χ3v) is 7.53. The number of fused-ring (bicyclic) bond motifs is 1. The van der Waals surface area contributed by atoms with Crippen molar-refractivity contribution in [3.8, 4) is 5.75 Å². The standard InChI is InChI=1S/C26H32O3S/c1-30-26-16-22(27)15-25(29-26)20-8-9-23(18-6-7-18)21(14-20)13-17-5-10-24-19(12-17)4-2-3-11-28-24/h5,8-10,12,14,18,22,25-27H,2-4,6-7,11,13,15-16H2,1H3/t22-,25-,26-/m1/s1. The zero-order chi connectivity index (χ0) is 20.5. The minimum atomic E-state index is -0.280. The van der Waals surface area contributed by atoms with Gasteiger partial charge in [-0.25, -0.2) is 0 Å². The van der Waals surface area contributed by atoms with E-state index in [1.54, 1.807) is 11.8 Å². The maximum atomic E-state index is 10.3. The van der Waals surface area contributed by atoms with Crippen LogP contribution in [-0.4, -0.2) is 29.5 Å². The molecule has 0 spiro atoms. The van der Waals surface area contributed by atoms with E-state index in [4.69, 9.17) is 9.47 Å². The molecule has 2 fully saturated rings. The molecule has 160 valence electrons. The lowest BCUT2D eigenvalue weighted by Gasteiger charge is -2.33. The Kier molecular flexibility index (Phi) is 6.08. The highest BCUT2D eigenvalue weighted by Gasteiger charge is 2.31. The number of benzene rings is 2. The van der Waals surface area contributed by atoms with E-state index in [9.17, 15) is 5.11 Å². The Bertz CT molecular complexity index is 892. The van der Waals surface area contributed by atoms with Crippen LogP contribution in [0, 0.1) is 0 Å². The maximum Gasteiger partial charge on any atom is 0.122 e. The molecule has 2 aromatic carbocycles. The van der Waals surface area contributed by atoms with Crippen LogP contribution in [0.2, 0.25) is 0 Å². The van der Waals surface area contributed by atoms with E-state index in [2.05, 4.69) is 42.7 Å². The molecule has 1 saturated heterocycles. The second-order valence-corrected chi connectivity index (χ2v) is 10.1. The summed E-state index contributed by atoms with van der Waals surface area (Å²) in [6.07, 6.45) is 10.2. The molecule has 4 heteroatoms. The van der Waals surface area contributed by atoms with Crippen molar-refractivity contribution in [3.05, 3.63) is 64.2 Å². The largest absolute Gasteiger partial charge is 0.493 e. The third kappa shape index (κ3) is 4.56. The summed E-state index contributed by atoms with van der Waals surface area (Å²) in [5.74, 6) is 1.79. The highest BCUT2D eigenvalue weighted by molar-refractivity contribution is 7.99. The van der Waals surface area contributed by atoms with E-state index in [-0.39, 0.29) is 17.6 Å². The molecule has 3 aliphatic rings. The molecule has 30 heavy (non-hydrogen) atoms. The Balaban J connectivity index is 1.42. The number of thioether (sulfide) groups is 1. The number of hydrogen-bond acceptors (Lipinski definition) is 4. The summed E-state index contributed by atoms with van der Waals surface area (Å²) in [5, 5.41) is 10.3. The fourth-order valence-electron chi connectivity index (χ4n) is 4.90. The molecule has 1 saturated carbocycles. The molecule has 2 aromatic rings. The molecule has 1 N–H and O–H groups in total. The van der Waals surface area contributed by atoms with Crippen molar-refractivity contribution in [1.82, 2.24) is 0 Å². The first-order chi connectivity index (χ1) is 14.7. The van der Waals surface area contributed by atoms with E-state index in [1.807, 2.05) is 0 Å². The van der Waals surface area contributed by atoms with Crippen molar-refractivity contribution in [2.75, 3.05) is 12.9 Å².